The Morgan fingerprint density at radius 3 is 1.19 bits per heavy atom. The molecule has 0 saturated heterocycles. The van der Waals surface area contributed by atoms with E-state index in [1.165, 1.54) is 32.1 Å². The lowest BCUT2D eigenvalue weighted by Crippen LogP contribution is -2.30. The fourth-order valence-electron chi connectivity index (χ4n) is 6.05. The molecule has 0 aliphatic heterocycles. The Hall–Kier alpha value is -3.96. The van der Waals surface area contributed by atoms with Crippen molar-refractivity contribution in [2.45, 2.75) is 194 Å². The van der Waals surface area contributed by atoms with Crippen LogP contribution in [0, 0.1) is 0 Å². The molecule has 1 atom stereocenters. The standard InChI is InChI=1S/C57H90O5/c1-4-7-10-13-16-19-22-24-26-28-29-30-31-33-36-38-41-44-47-50-56(58)61-54-55(62-57(59)51-48-45-42-39-35-21-18-15-12-9-6-3)53-60-52-49-46-43-40-37-34-32-27-25-23-20-17-14-11-8-5-2/h7-8,10-11,15-20,24-27,29-30,33-34,36-37,43,46,55H,4-6,9,12-14,21-23,28,31-32,35,38-42,44-45,47-54H2,1-3H3/b10-7-,11-8-,18-15-,19-16-,20-17-,26-24-,27-25-,30-29-,36-33-,37-34-,46-43-. The molecule has 0 fully saturated rings. The number of carbonyl (C=O) groups is 2. The van der Waals surface area contributed by atoms with Crippen molar-refractivity contribution in [1.29, 1.82) is 0 Å². The van der Waals surface area contributed by atoms with Gasteiger partial charge in [0.05, 0.1) is 13.2 Å². The molecule has 5 heteroatoms. The van der Waals surface area contributed by atoms with Gasteiger partial charge in [0.2, 0.25) is 0 Å². The highest BCUT2D eigenvalue weighted by atomic mass is 16.6. The molecule has 0 spiro atoms. The third-order valence-electron chi connectivity index (χ3n) is 9.67. The first-order chi connectivity index (χ1) is 30.6. The monoisotopic (exact) mass is 855 g/mol. The highest BCUT2D eigenvalue weighted by Gasteiger charge is 2.17. The van der Waals surface area contributed by atoms with Crippen LogP contribution in [-0.4, -0.2) is 37.9 Å². The molecule has 0 amide bonds. The maximum atomic E-state index is 12.7. The average Bonchev–Trinajstić information content (AvgIpc) is 3.27. The van der Waals surface area contributed by atoms with Gasteiger partial charge in [-0.3, -0.25) is 9.59 Å². The number of unbranched alkanes of at least 4 members (excludes halogenated alkanes) is 10. The third kappa shape index (κ3) is 48.7. The Morgan fingerprint density at radius 1 is 0.371 bits per heavy atom. The van der Waals surface area contributed by atoms with Gasteiger partial charge in [-0.1, -0.05) is 193 Å². The van der Waals surface area contributed by atoms with E-state index in [2.05, 4.69) is 154 Å². The van der Waals surface area contributed by atoms with Crippen LogP contribution in [0.5, 0.6) is 0 Å². The van der Waals surface area contributed by atoms with Gasteiger partial charge in [-0.05, 0) is 116 Å². The van der Waals surface area contributed by atoms with E-state index in [0.29, 0.717) is 19.4 Å². The molecule has 0 aliphatic rings. The van der Waals surface area contributed by atoms with Crippen molar-refractivity contribution in [3.63, 3.8) is 0 Å². The fraction of sp³-hybridized carbons (Fsp3) is 0.579. The van der Waals surface area contributed by atoms with Crippen molar-refractivity contribution in [2.24, 2.45) is 0 Å². The van der Waals surface area contributed by atoms with Crippen molar-refractivity contribution >= 4 is 11.9 Å². The number of hydrogen-bond acceptors (Lipinski definition) is 5. The molecule has 0 aromatic heterocycles. The van der Waals surface area contributed by atoms with Crippen molar-refractivity contribution in [1.82, 2.24) is 0 Å². The number of carbonyl (C=O) groups excluding carboxylic acids is 2. The van der Waals surface area contributed by atoms with Crippen molar-refractivity contribution in [2.75, 3.05) is 19.8 Å². The Morgan fingerprint density at radius 2 is 0.726 bits per heavy atom. The zero-order valence-electron chi connectivity index (χ0n) is 39.8. The molecule has 0 saturated carbocycles. The number of esters is 2. The SMILES string of the molecule is CC/C=C\C/C=C\C/C=C\C/C=C\C/C=C\CCCCCC(=O)OCC(COCC/C=C\C/C=C\C/C=C\C/C=C\C/C=C\CC)OC(=O)CCCCCCC/C=C\CCCC. The molecule has 62 heavy (non-hydrogen) atoms. The maximum Gasteiger partial charge on any atom is 0.306 e. The summed E-state index contributed by atoms with van der Waals surface area (Å²) in [5.41, 5.74) is 0. The van der Waals surface area contributed by atoms with Crippen LogP contribution in [0.3, 0.4) is 0 Å². The van der Waals surface area contributed by atoms with Gasteiger partial charge in [0.1, 0.15) is 6.61 Å². The Kier molecular flexibility index (Phi) is 48.1. The largest absolute Gasteiger partial charge is 0.462 e. The second-order valence-corrected chi connectivity index (χ2v) is 15.6. The molecular formula is C57H90O5. The lowest BCUT2D eigenvalue weighted by atomic mass is 10.1. The van der Waals surface area contributed by atoms with Gasteiger partial charge in [-0.15, -0.1) is 0 Å². The van der Waals surface area contributed by atoms with Gasteiger partial charge in [0.15, 0.2) is 6.10 Å². The van der Waals surface area contributed by atoms with Gasteiger partial charge < -0.3 is 14.2 Å². The van der Waals surface area contributed by atoms with Gasteiger partial charge in [0, 0.05) is 12.8 Å². The number of rotatable bonds is 43. The van der Waals surface area contributed by atoms with Gasteiger partial charge in [0.25, 0.3) is 0 Å². The van der Waals surface area contributed by atoms with E-state index in [1.807, 2.05) is 0 Å². The van der Waals surface area contributed by atoms with E-state index in [4.69, 9.17) is 14.2 Å². The topological polar surface area (TPSA) is 61.8 Å². The van der Waals surface area contributed by atoms with Crippen LogP contribution in [-0.2, 0) is 23.8 Å². The van der Waals surface area contributed by atoms with E-state index in [1.54, 1.807) is 0 Å². The van der Waals surface area contributed by atoms with Gasteiger partial charge in [-0.25, -0.2) is 0 Å². The van der Waals surface area contributed by atoms with E-state index in [0.717, 1.165) is 122 Å². The predicted octanol–water partition coefficient (Wildman–Crippen LogP) is 16.8. The summed E-state index contributed by atoms with van der Waals surface area (Å²) in [7, 11) is 0. The molecule has 0 bridgehead atoms. The minimum absolute atomic E-state index is 0.0258. The number of hydrogen-bond donors (Lipinski definition) is 0. The first-order valence-electron chi connectivity index (χ1n) is 24.7. The second-order valence-electron chi connectivity index (χ2n) is 15.6. The number of allylic oxidation sites excluding steroid dienone is 21. The number of ether oxygens (including phenoxy) is 3. The van der Waals surface area contributed by atoms with Crippen molar-refractivity contribution in [3.05, 3.63) is 134 Å². The summed E-state index contributed by atoms with van der Waals surface area (Å²) < 4.78 is 17.2. The lowest BCUT2D eigenvalue weighted by Gasteiger charge is -2.18. The molecule has 0 aliphatic carbocycles. The zero-order valence-corrected chi connectivity index (χ0v) is 39.8. The van der Waals surface area contributed by atoms with Crippen LogP contribution in [0.1, 0.15) is 188 Å². The van der Waals surface area contributed by atoms with Crippen LogP contribution in [0.2, 0.25) is 0 Å². The fourth-order valence-corrected chi connectivity index (χ4v) is 6.05. The lowest BCUT2D eigenvalue weighted by molar-refractivity contribution is -0.162. The normalized spacial score (nSPS) is 13.4. The molecule has 348 valence electrons. The summed E-state index contributed by atoms with van der Waals surface area (Å²) in [6, 6.07) is 0. The summed E-state index contributed by atoms with van der Waals surface area (Å²) in [5, 5.41) is 0. The van der Waals surface area contributed by atoms with Crippen LogP contribution in [0.15, 0.2) is 134 Å². The average molecular weight is 855 g/mol. The molecule has 5 nitrogen and oxygen atoms in total. The molecule has 0 radical (unpaired) electrons. The molecule has 0 heterocycles. The molecular weight excluding hydrogens is 765 g/mol. The molecule has 0 aromatic carbocycles. The Bertz CT molecular complexity index is 1330. The van der Waals surface area contributed by atoms with Crippen molar-refractivity contribution in [3.8, 4) is 0 Å². The smallest absolute Gasteiger partial charge is 0.306 e. The van der Waals surface area contributed by atoms with Crippen LogP contribution in [0.25, 0.3) is 0 Å². The van der Waals surface area contributed by atoms with Crippen LogP contribution >= 0.6 is 0 Å². The van der Waals surface area contributed by atoms with E-state index >= 15 is 0 Å². The predicted molar refractivity (Wildman–Crippen MR) is 269 cm³/mol. The molecule has 0 rings (SSSR count). The zero-order chi connectivity index (χ0) is 44.9. The van der Waals surface area contributed by atoms with E-state index in [9.17, 15) is 9.59 Å². The third-order valence-corrected chi connectivity index (χ3v) is 9.67. The van der Waals surface area contributed by atoms with Gasteiger partial charge >= 0.3 is 11.9 Å². The first-order valence-corrected chi connectivity index (χ1v) is 24.7. The van der Waals surface area contributed by atoms with Crippen molar-refractivity contribution < 1.29 is 23.8 Å². The van der Waals surface area contributed by atoms with E-state index in [-0.39, 0.29) is 25.2 Å². The minimum atomic E-state index is -0.602. The quantitative estimate of drug-likeness (QED) is 0.0347. The molecule has 0 N–H and O–H groups in total. The maximum absolute atomic E-state index is 12.7. The van der Waals surface area contributed by atoms with Crippen LogP contribution < -0.4 is 0 Å². The Balaban J connectivity index is 4.45. The van der Waals surface area contributed by atoms with Crippen LogP contribution in [0.4, 0.5) is 0 Å². The summed E-state index contributed by atoms with van der Waals surface area (Å²) >= 11 is 0. The summed E-state index contributed by atoms with van der Waals surface area (Å²) in [6.45, 7) is 7.28. The summed E-state index contributed by atoms with van der Waals surface area (Å²) in [4.78, 5) is 25.3. The molecule has 1 unspecified atom stereocenters. The second kappa shape index (κ2) is 51.4. The van der Waals surface area contributed by atoms with E-state index < -0.39 is 6.10 Å². The Labute approximate surface area is 381 Å². The highest BCUT2D eigenvalue weighted by Crippen LogP contribution is 2.11. The first kappa shape index (κ1) is 58.0. The summed E-state index contributed by atoms with van der Waals surface area (Å²) in [6.07, 6.45) is 73.3. The highest BCUT2D eigenvalue weighted by molar-refractivity contribution is 5.70. The summed E-state index contributed by atoms with van der Waals surface area (Å²) in [5.74, 6) is -0.499. The van der Waals surface area contributed by atoms with Gasteiger partial charge in [-0.2, -0.15) is 0 Å². The minimum Gasteiger partial charge on any atom is -0.462 e. The molecule has 0 aromatic rings.